The number of para-hydroxylation sites is 1. The van der Waals surface area contributed by atoms with E-state index in [1.54, 1.807) is 25.3 Å². The fourth-order valence-electron chi connectivity index (χ4n) is 2.48. The van der Waals surface area contributed by atoms with Crippen molar-refractivity contribution >= 4 is 35.0 Å². The topological polar surface area (TPSA) is 67.4 Å². The number of methoxy groups -OCH3 is 1. The molecule has 0 atom stereocenters. The molecule has 0 bridgehead atoms. The highest BCUT2D eigenvalue weighted by Gasteiger charge is 2.08. The second-order valence-corrected chi connectivity index (χ2v) is 6.96. The van der Waals surface area contributed by atoms with Gasteiger partial charge in [-0.25, -0.2) is 4.79 Å². The van der Waals surface area contributed by atoms with Gasteiger partial charge in [-0.15, -0.1) is 11.8 Å². The van der Waals surface area contributed by atoms with Crippen molar-refractivity contribution in [3.05, 3.63) is 84.4 Å². The first-order valence-electron chi connectivity index (χ1n) is 8.67. The molecule has 0 aliphatic heterocycles. The van der Waals surface area contributed by atoms with Gasteiger partial charge in [0, 0.05) is 21.8 Å². The average Bonchev–Trinajstić information content (AvgIpc) is 2.73. The summed E-state index contributed by atoms with van der Waals surface area (Å²) in [4.78, 5) is 25.3. The molecule has 142 valence electrons. The number of anilines is 2. The van der Waals surface area contributed by atoms with Crippen molar-refractivity contribution in [2.24, 2.45) is 0 Å². The van der Waals surface area contributed by atoms with Gasteiger partial charge in [-0.1, -0.05) is 30.3 Å². The number of nitrogens with one attached hydrogen (secondary N) is 2. The number of ether oxygens (including phenoxy) is 1. The fourth-order valence-corrected chi connectivity index (χ4v) is 3.27. The van der Waals surface area contributed by atoms with E-state index in [2.05, 4.69) is 10.6 Å². The quantitative estimate of drug-likeness (QED) is 0.422. The Kier molecular flexibility index (Phi) is 6.70. The van der Waals surface area contributed by atoms with Crippen LogP contribution in [0.15, 0.2) is 83.8 Å². The molecule has 0 unspecified atom stereocenters. The van der Waals surface area contributed by atoms with Crippen LogP contribution in [0.5, 0.6) is 5.75 Å². The molecule has 2 N–H and O–H groups in total. The summed E-state index contributed by atoms with van der Waals surface area (Å²) in [5.74, 6) is 1.03. The number of hydrogen-bond acceptors (Lipinski definition) is 4. The van der Waals surface area contributed by atoms with Crippen molar-refractivity contribution in [3.8, 4) is 5.75 Å². The van der Waals surface area contributed by atoms with Crippen LogP contribution in [0.2, 0.25) is 0 Å². The lowest BCUT2D eigenvalue weighted by Gasteiger charge is -2.08. The van der Waals surface area contributed by atoms with Crippen LogP contribution >= 0.6 is 11.8 Å². The van der Waals surface area contributed by atoms with Gasteiger partial charge in [0.2, 0.25) is 0 Å². The molecule has 0 aromatic heterocycles. The number of urea groups is 1. The maximum absolute atomic E-state index is 12.3. The summed E-state index contributed by atoms with van der Waals surface area (Å²) in [6.07, 6.45) is 0. The highest BCUT2D eigenvalue weighted by Crippen LogP contribution is 2.22. The Morgan fingerprint density at radius 1 is 0.857 bits per heavy atom. The number of ketones is 1. The zero-order valence-electron chi connectivity index (χ0n) is 15.3. The molecule has 0 saturated heterocycles. The van der Waals surface area contributed by atoms with Crippen molar-refractivity contribution in [2.45, 2.75) is 4.90 Å². The molecule has 0 spiro atoms. The molecular formula is C22H20N2O3S. The lowest BCUT2D eigenvalue weighted by atomic mass is 10.1. The van der Waals surface area contributed by atoms with Gasteiger partial charge in [0.05, 0.1) is 12.9 Å². The Bertz CT molecular complexity index is 944. The van der Waals surface area contributed by atoms with E-state index in [4.69, 9.17) is 4.74 Å². The zero-order valence-corrected chi connectivity index (χ0v) is 16.2. The Morgan fingerprint density at radius 2 is 1.54 bits per heavy atom. The molecule has 0 aliphatic rings. The van der Waals surface area contributed by atoms with Crippen LogP contribution in [-0.4, -0.2) is 24.7 Å². The minimum Gasteiger partial charge on any atom is -0.497 e. The van der Waals surface area contributed by atoms with E-state index >= 15 is 0 Å². The molecule has 0 saturated carbocycles. The van der Waals surface area contributed by atoms with Gasteiger partial charge in [-0.3, -0.25) is 4.79 Å². The van der Waals surface area contributed by atoms with E-state index in [0.29, 0.717) is 22.8 Å². The Balaban J connectivity index is 1.51. The van der Waals surface area contributed by atoms with Crippen molar-refractivity contribution in [1.82, 2.24) is 0 Å². The van der Waals surface area contributed by atoms with Gasteiger partial charge in [0.15, 0.2) is 5.78 Å². The van der Waals surface area contributed by atoms with Crippen LogP contribution in [0.3, 0.4) is 0 Å². The van der Waals surface area contributed by atoms with E-state index in [0.717, 1.165) is 10.6 Å². The van der Waals surface area contributed by atoms with Gasteiger partial charge in [0.25, 0.3) is 0 Å². The number of amides is 2. The standard InChI is InChI=1S/C22H20N2O3S/c1-27-19-9-5-6-16(14-19)21(25)15-28-20-12-10-18(11-13-20)24-22(26)23-17-7-3-2-4-8-17/h2-14H,15H2,1H3,(H2,23,24,26). The Labute approximate surface area is 168 Å². The van der Waals surface area contributed by atoms with Gasteiger partial charge in [-0.05, 0) is 48.5 Å². The van der Waals surface area contributed by atoms with Crippen molar-refractivity contribution < 1.29 is 14.3 Å². The Hall–Kier alpha value is -3.25. The number of carbonyl (C=O) groups excluding carboxylic acids is 2. The van der Waals surface area contributed by atoms with Gasteiger partial charge < -0.3 is 15.4 Å². The third-order valence-corrected chi connectivity index (χ3v) is 4.92. The highest BCUT2D eigenvalue weighted by molar-refractivity contribution is 8.00. The first-order valence-corrected chi connectivity index (χ1v) is 9.66. The summed E-state index contributed by atoms with van der Waals surface area (Å²) >= 11 is 1.45. The van der Waals surface area contributed by atoms with E-state index in [9.17, 15) is 9.59 Å². The molecule has 0 heterocycles. The predicted octanol–water partition coefficient (Wildman–Crippen LogP) is 5.31. The Morgan fingerprint density at radius 3 is 2.21 bits per heavy atom. The molecule has 5 nitrogen and oxygen atoms in total. The summed E-state index contributed by atoms with van der Waals surface area (Å²) in [5, 5.41) is 5.54. The lowest BCUT2D eigenvalue weighted by Crippen LogP contribution is -2.19. The summed E-state index contributed by atoms with van der Waals surface area (Å²) in [6.45, 7) is 0. The van der Waals surface area contributed by atoms with Crippen LogP contribution < -0.4 is 15.4 Å². The molecular weight excluding hydrogens is 372 g/mol. The molecule has 0 radical (unpaired) electrons. The third kappa shape index (κ3) is 5.62. The fraction of sp³-hybridized carbons (Fsp3) is 0.0909. The minimum atomic E-state index is -0.306. The number of thioether (sulfide) groups is 1. The number of hydrogen-bond donors (Lipinski definition) is 2. The highest BCUT2D eigenvalue weighted by atomic mass is 32.2. The molecule has 3 rings (SSSR count). The lowest BCUT2D eigenvalue weighted by molar-refractivity contribution is 0.102. The van der Waals surface area contributed by atoms with Gasteiger partial charge in [-0.2, -0.15) is 0 Å². The summed E-state index contributed by atoms with van der Waals surface area (Å²) < 4.78 is 5.15. The van der Waals surface area contributed by atoms with Crippen molar-refractivity contribution in [3.63, 3.8) is 0 Å². The van der Waals surface area contributed by atoms with Crippen LogP contribution in [0.4, 0.5) is 16.2 Å². The number of benzene rings is 3. The molecule has 28 heavy (non-hydrogen) atoms. The molecule has 2 amide bonds. The van der Waals surface area contributed by atoms with Crippen molar-refractivity contribution in [2.75, 3.05) is 23.5 Å². The van der Waals surface area contributed by atoms with Gasteiger partial charge in [0.1, 0.15) is 5.75 Å². The third-order valence-electron chi connectivity index (χ3n) is 3.91. The smallest absolute Gasteiger partial charge is 0.323 e. The van der Waals surface area contributed by atoms with E-state index in [1.807, 2.05) is 60.7 Å². The van der Waals surface area contributed by atoms with E-state index in [1.165, 1.54) is 11.8 Å². The molecule has 3 aromatic rings. The first-order chi connectivity index (χ1) is 13.6. The largest absolute Gasteiger partial charge is 0.497 e. The molecule has 0 aliphatic carbocycles. The molecule has 0 fully saturated rings. The van der Waals surface area contributed by atoms with Crippen LogP contribution in [0.25, 0.3) is 0 Å². The van der Waals surface area contributed by atoms with Gasteiger partial charge >= 0.3 is 6.03 Å². The maximum Gasteiger partial charge on any atom is 0.323 e. The molecule has 3 aromatic carbocycles. The van der Waals surface area contributed by atoms with Crippen molar-refractivity contribution in [1.29, 1.82) is 0 Å². The summed E-state index contributed by atoms with van der Waals surface area (Å²) in [5.41, 5.74) is 2.03. The zero-order chi connectivity index (χ0) is 19.8. The van der Waals surface area contributed by atoms with Crippen LogP contribution in [0.1, 0.15) is 10.4 Å². The van der Waals surface area contributed by atoms with Crippen LogP contribution in [0, 0.1) is 0 Å². The summed E-state index contributed by atoms with van der Waals surface area (Å²) in [6, 6.07) is 23.4. The average molecular weight is 392 g/mol. The second-order valence-electron chi connectivity index (χ2n) is 5.91. The SMILES string of the molecule is COc1cccc(C(=O)CSc2ccc(NC(=O)Nc3ccccc3)cc2)c1. The number of rotatable bonds is 7. The predicted molar refractivity (Wildman–Crippen MR) is 114 cm³/mol. The van der Waals surface area contributed by atoms with E-state index < -0.39 is 0 Å². The molecule has 6 heteroatoms. The van der Waals surface area contributed by atoms with E-state index in [-0.39, 0.29) is 11.8 Å². The number of Topliss-reactive ketones (excluding diaryl/α,β-unsaturated/α-hetero) is 1. The van der Waals surface area contributed by atoms with Crippen LogP contribution in [-0.2, 0) is 0 Å². The second kappa shape index (κ2) is 9.62. The normalized spacial score (nSPS) is 10.2. The minimum absolute atomic E-state index is 0.0355. The first kappa shape index (κ1) is 19.5. The maximum atomic E-state index is 12.3. The monoisotopic (exact) mass is 392 g/mol. The summed E-state index contributed by atoms with van der Waals surface area (Å²) in [7, 11) is 1.58. The number of carbonyl (C=O) groups is 2.